The van der Waals surface area contributed by atoms with Crippen molar-refractivity contribution in [1.29, 1.82) is 0 Å². The van der Waals surface area contributed by atoms with Gasteiger partial charge in [0, 0.05) is 11.6 Å². The van der Waals surface area contributed by atoms with E-state index >= 15 is 0 Å². The molecule has 0 aliphatic carbocycles. The highest BCUT2D eigenvalue weighted by Gasteiger charge is 2.11. The maximum atomic E-state index is 12.2. The minimum atomic E-state index is -0.214. The first-order chi connectivity index (χ1) is 14.7. The largest absolute Gasteiger partial charge is 0.497 e. The van der Waals surface area contributed by atoms with Crippen LogP contribution >= 0.6 is 0 Å². The molecule has 0 saturated heterocycles. The normalized spacial score (nSPS) is 10.6. The molecule has 2 heterocycles. The van der Waals surface area contributed by atoms with E-state index in [0.717, 1.165) is 5.69 Å². The lowest BCUT2D eigenvalue weighted by Crippen LogP contribution is -2.22. The molecule has 1 amide bonds. The number of carbonyl (C=O) groups excluding carboxylic acids is 1. The van der Waals surface area contributed by atoms with Crippen molar-refractivity contribution in [2.45, 2.75) is 13.2 Å². The Morgan fingerprint density at radius 1 is 1.17 bits per heavy atom. The van der Waals surface area contributed by atoms with Crippen LogP contribution in [0.25, 0.3) is 5.69 Å². The number of rotatable bonds is 8. The molecule has 0 saturated carbocycles. The van der Waals surface area contributed by atoms with Crippen molar-refractivity contribution in [3.8, 4) is 17.2 Å². The molecular formula is C21H19N5O4. The van der Waals surface area contributed by atoms with Crippen molar-refractivity contribution in [2.75, 3.05) is 7.11 Å². The van der Waals surface area contributed by atoms with Gasteiger partial charge in [-0.15, -0.1) is 0 Å². The summed E-state index contributed by atoms with van der Waals surface area (Å²) < 4.78 is 17.9. The van der Waals surface area contributed by atoms with Crippen LogP contribution < -0.4 is 14.8 Å². The van der Waals surface area contributed by atoms with E-state index in [-0.39, 0.29) is 19.1 Å². The molecule has 4 rings (SSSR count). The summed E-state index contributed by atoms with van der Waals surface area (Å²) in [7, 11) is 1.58. The average molecular weight is 405 g/mol. The first kappa shape index (κ1) is 19.2. The van der Waals surface area contributed by atoms with Gasteiger partial charge in [-0.05, 0) is 36.4 Å². The molecule has 2 aromatic heterocycles. The molecule has 30 heavy (non-hydrogen) atoms. The number of ether oxygens (including phenoxy) is 2. The SMILES string of the molecule is COc1ccc(C(=O)NCc2cc(COc3ccccc3-n3cncn3)no2)cc1. The monoisotopic (exact) mass is 405 g/mol. The molecule has 9 nitrogen and oxygen atoms in total. The number of benzene rings is 2. The van der Waals surface area contributed by atoms with E-state index < -0.39 is 0 Å². The Morgan fingerprint density at radius 3 is 2.77 bits per heavy atom. The van der Waals surface area contributed by atoms with E-state index in [9.17, 15) is 4.79 Å². The maximum Gasteiger partial charge on any atom is 0.251 e. The van der Waals surface area contributed by atoms with Gasteiger partial charge in [0.25, 0.3) is 5.91 Å². The molecule has 2 aromatic carbocycles. The molecule has 0 fully saturated rings. The summed E-state index contributed by atoms with van der Waals surface area (Å²) in [6, 6.07) is 16.1. The lowest BCUT2D eigenvalue weighted by atomic mass is 10.2. The number of methoxy groups -OCH3 is 1. The number of carbonyl (C=O) groups is 1. The van der Waals surface area contributed by atoms with Gasteiger partial charge in [-0.25, -0.2) is 9.67 Å². The van der Waals surface area contributed by atoms with E-state index in [1.54, 1.807) is 48.5 Å². The fraction of sp³-hybridized carbons (Fsp3) is 0.143. The summed E-state index contributed by atoms with van der Waals surface area (Å²) in [5.74, 6) is 1.64. The Balaban J connectivity index is 1.33. The molecule has 0 radical (unpaired) electrons. The van der Waals surface area contributed by atoms with Gasteiger partial charge in [-0.3, -0.25) is 4.79 Å². The van der Waals surface area contributed by atoms with Gasteiger partial charge in [0.15, 0.2) is 5.76 Å². The highest BCUT2D eigenvalue weighted by molar-refractivity contribution is 5.94. The third kappa shape index (κ3) is 4.46. The summed E-state index contributed by atoms with van der Waals surface area (Å²) in [6.07, 6.45) is 3.06. The number of hydrogen-bond acceptors (Lipinski definition) is 7. The van der Waals surface area contributed by atoms with Crippen molar-refractivity contribution in [3.05, 3.63) is 84.3 Å². The van der Waals surface area contributed by atoms with E-state index in [2.05, 4.69) is 20.6 Å². The number of hydrogen-bond donors (Lipinski definition) is 1. The highest BCUT2D eigenvalue weighted by atomic mass is 16.5. The molecule has 152 valence electrons. The van der Waals surface area contributed by atoms with Gasteiger partial charge in [0.1, 0.15) is 42.1 Å². The Hall–Kier alpha value is -4.14. The van der Waals surface area contributed by atoms with Crippen molar-refractivity contribution < 1.29 is 18.8 Å². The van der Waals surface area contributed by atoms with Crippen LogP contribution in [0.15, 0.2) is 71.8 Å². The van der Waals surface area contributed by atoms with Crippen LogP contribution in [0.5, 0.6) is 11.5 Å². The predicted molar refractivity (Wildman–Crippen MR) is 106 cm³/mol. The maximum absolute atomic E-state index is 12.2. The smallest absolute Gasteiger partial charge is 0.251 e. The second-order valence-corrected chi connectivity index (χ2v) is 6.29. The molecule has 1 N–H and O–H groups in total. The van der Waals surface area contributed by atoms with Crippen molar-refractivity contribution in [1.82, 2.24) is 25.2 Å². The van der Waals surface area contributed by atoms with Gasteiger partial charge in [0.05, 0.1) is 13.7 Å². The quantitative estimate of drug-likeness (QED) is 0.481. The zero-order valence-corrected chi connectivity index (χ0v) is 16.2. The first-order valence-electron chi connectivity index (χ1n) is 9.16. The second-order valence-electron chi connectivity index (χ2n) is 6.29. The topological polar surface area (TPSA) is 104 Å². The summed E-state index contributed by atoms with van der Waals surface area (Å²) in [5.41, 5.74) is 1.91. The van der Waals surface area contributed by atoms with Gasteiger partial charge in [-0.2, -0.15) is 5.10 Å². The van der Waals surface area contributed by atoms with Crippen molar-refractivity contribution >= 4 is 5.91 Å². The number of amides is 1. The first-order valence-corrected chi connectivity index (χ1v) is 9.16. The number of nitrogens with one attached hydrogen (secondary N) is 1. The summed E-state index contributed by atoms with van der Waals surface area (Å²) >= 11 is 0. The molecular weight excluding hydrogens is 386 g/mol. The molecule has 0 atom stereocenters. The van der Waals surface area contributed by atoms with Crippen LogP contribution in [0.4, 0.5) is 0 Å². The van der Waals surface area contributed by atoms with Crippen LogP contribution in [-0.2, 0) is 13.2 Å². The zero-order valence-electron chi connectivity index (χ0n) is 16.2. The molecule has 0 aliphatic rings. The van der Waals surface area contributed by atoms with Crippen molar-refractivity contribution in [2.24, 2.45) is 0 Å². The zero-order chi connectivity index (χ0) is 20.8. The second kappa shape index (κ2) is 8.91. The highest BCUT2D eigenvalue weighted by Crippen LogP contribution is 2.22. The Kier molecular flexibility index (Phi) is 5.70. The fourth-order valence-corrected chi connectivity index (χ4v) is 2.77. The Morgan fingerprint density at radius 2 is 2.00 bits per heavy atom. The average Bonchev–Trinajstić information content (AvgIpc) is 3.48. The van der Waals surface area contributed by atoms with Crippen LogP contribution in [-0.4, -0.2) is 32.9 Å². The molecule has 0 aliphatic heterocycles. The molecule has 0 bridgehead atoms. The molecule has 9 heteroatoms. The van der Waals surface area contributed by atoms with Crippen LogP contribution in [0.3, 0.4) is 0 Å². The number of nitrogens with zero attached hydrogens (tertiary/aromatic N) is 4. The number of para-hydroxylation sites is 2. The molecule has 0 unspecified atom stereocenters. The summed E-state index contributed by atoms with van der Waals surface area (Å²) in [4.78, 5) is 16.2. The van der Waals surface area contributed by atoms with Gasteiger partial charge in [0.2, 0.25) is 0 Å². The molecule has 0 spiro atoms. The summed E-state index contributed by atoms with van der Waals surface area (Å²) in [6.45, 7) is 0.426. The Labute approximate surface area is 172 Å². The molecule has 4 aromatic rings. The Bertz CT molecular complexity index is 1110. The fourth-order valence-electron chi connectivity index (χ4n) is 2.77. The third-order valence-corrected chi connectivity index (χ3v) is 4.29. The number of aromatic nitrogens is 4. The van der Waals surface area contributed by atoms with Gasteiger partial charge < -0.3 is 19.3 Å². The standard InChI is InChI=1S/C21H19N5O4/c1-28-17-8-6-15(7-9-17)21(27)23-11-18-10-16(25-30-18)12-29-20-5-3-2-4-19(20)26-14-22-13-24-26/h2-10,13-14H,11-12H2,1H3,(H,23,27). The van der Waals surface area contributed by atoms with E-state index in [1.165, 1.54) is 6.33 Å². The van der Waals surface area contributed by atoms with E-state index in [1.807, 2.05) is 24.3 Å². The lowest BCUT2D eigenvalue weighted by Gasteiger charge is -2.09. The van der Waals surface area contributed by atoms with Crippen molar-refractivity contribution in [3.63, 3.8) is 0 Å². The van der Waals surface area contributed by atoms with E-state index in [0.29, 0.717) is 28.5 Å². The third-order valence-electron chi connectivity index (χ3n) is 4.29. The minimum Gasteiger partial charge on any atom is -0.497 e. The predicted octanol–water partition coefficient (Wildman–Crippen LogP) is 2.77. The minimum absolute atomic E-state index is 0.210. The van der Waals surface area contributed by atoms with Crippen LogP contribution in [0, 0.1) is 0 Å². The summed E-state index contributed by atoms with van der Waals surface area (Å²) in [5, 5.41) is 10.9. The van der Waals surface area contributed by atoms with Crippen LogP contribution in [0.1, 0.15) is 21.8 Å². The van der Waals surface area contributed by atoms with E-state index in [4.69, 9.17) is 14.0 Å². The van der Waals surface area contributed by atoms with Gasteiger partial charge in [-0.1, -0.05) is 17.3 Å². The van der Waals surface area contributed by atoms with Gasteiger partial charge >= 0.3 is 0 Å². The van der Waals surface area contributed by atoms with Crippen LogP contribution in [0.2, 0.25) is 0 Å². The lowest BCUT2D eigenvalue weighted by molar-refractivity contribution is 0.0947.